The van der Waals surface area contributed by atoms with Crippen LogP contribution in [0.3, 0.4) is 0 Å². The Balaban J connectivity index is 1.54. The van der Waals surface area contributed by atoms with E-state index in [4.69, 9.17) is 0 Å². The maximum absolute atomic E-state index is 11.9. The third-order valence-electron chi connectivity index (χ3n) is 3.59. The number of fused-ring (bicyclic) bond motifs is 1. The van der Waals surface area contributed by atoms with Gasteiger partial charge in [-0.3, -0.25) is 4.79 Å². The Morgan fingerprint density at radius 3 is 2.87 bits per heavy atom. The number of carbonyl (C=O) groups is 1. The van der Waals surface area contributed by atoms with Gasteiger partial charge in [0, 0.05) is 51.1 Å². The standard InChI is InChI=1S/C15H19N7O/c1-21(2)15-17-8-11(9-18-15)5-6-14(23)16-10-13-20-19-12-4-3-7-22(12)13/h5-6,8-9H,3-4,7,10H2,1-2H3,(H,16,23). The molecule has 2 aromatic heterocycles. The quantitative estimate of drug-likeness (QED) is 0.804. The van der Waals surface area contributed by atoms with Crippen molar-refractivity contribution in [2.45, 2.75) is 25.9 Å². The minimum atomic E-state index is -0.183. The molecule has 0 bridgehead atoms. The fraction of sp³-hybridized carbons (Fsp3) is 0.400. The van der Waals surface area contributed by atoms with E-state index in [2.05, 4.69) is 30.0 Å². The lowest BCUT2D eigenvalue weighted by molar-refractivity contribution is -0.116. The van der Waals surface area contributed by atoms with Crippen LogP contribution in [0.15, 0.2) is 18.5 Å². The van der Waals surface area contributed by atoms with E-state index in [1.807, 2.05) is 19.0 Å². The van der Waals surface area contributed by atoms with Crippen molar-refractivity contribution >= 4 is 17.9 Å². The monoisotopic (exact) mass is 313 g/mol. The van der Waals surface area contributed by atoms with E-state index in [1.54, 1.807) is 18.5 Å². The Kier molecular flexibility index (Phi) is 4.31. The molecular formula is C15H19N7O. The van der Waals surface area contributed by atoms with Crippen LogP contribution in [0.5, 0.6) is 0 Å². The second kappa shape index (κ2) is 6.55. The molecule has 2 aromatic rings. The number of hydrogen-bond donors (Lipinski definition) is 1. The van der Waals surface area contributed by atoms with E-state index in [-0.39, 0.29) is 5.91 Å². The van der Waals surface area contributed by atoms with Gasteiger partial charge in [-0.2, -0.15) is 0 Å². The van der Waals surface area contributed by atoms with Gasteiger partial charge < -0.3 is 14.8 Å². The normalized spacial score (nSPS) is 13.3. The van der Waals surface area contributed by atoms with Gasteiger partial charge in [-0.15, -0.1) is 10.2 Å². The Labute approximate surface area is 134 Å². The minimum Gasteiger partial charge on any atom is -0.347 e. The highest BCUT2D eigenvalue weighted by Gasteiger charge is 2.16. The Bertz CT molecular complexity index is 718. The van der Waals surface area contributed by atoms with Crippen molar-refractivity contribution in [2.75, 3.05) is 19.0 Å². The van der Waals surface area contributed by atoms with E-state index in [9.17, 15) is 4.79 Å². The molecule has 0 fully saturated rings. The molecule has 1 N–H and O–H groups in total. The van der Waals surface area contributed by atoms with Crippen molar-refractivity contribution in [1.82, 2.24) is 30.0 Å². The molecule has 0 aromatic carbocycles. The van der Waals surface area contributed by atoms with Gasteiger partial charge in [0.2, 0.25) is 11.9 Å². The number of nitrogens with one attached hydrogen (secondary N) is 1. The van der Waals surface area contributed by atoms with Crippen LogP contribution >= 0.6 is 0 Å². The summed E-state index contributed by atoms with van der Waals surface area (Å²) in [7, 11) is 3.75. The zero-order chi connectivity index (χ0) is 16.2. The molecule has 0 saturated carbocycles. The summed E-state index contributed by atoms with van der Waals surface area (Å²) in [5, 5.41) is 11.0. The van der Waals surface area contributed by atoms with Gasteiger partial charge >= 0.3 is 0 Å². The van der Waals surface area contributed by atoms with Gasteiger partial charge in [0.15, 0.2) is 5.82 Å². The summed E-state index contributed by atoms with van der Waals surface area (Å²) in [4.78, 5) is 22.1. The van der Waals surface area contributed by atoms with Crippen molar-refractivity contribution in [3.8, 4) is 0 Å². The maximum atomic E-state index is 11.9. The number of amides is 1. The first kappa shape index (κ1) is 15.1. The number of nitrogens with zero attached hydrogens (tertiary/aromatic N) is 6. The Morgan fingerprint density at radius 1 is 1.35 bits per heavy atom. The number of rotatable bonds is 5. The predicted octanol–water partition coefficient (Wildman–Crippen LogP) is 0.410. The first-order valence-electron chi connectivity index (χ1n) is 7.50. The van der Waals surface area contributed by atoms with Crippen LogP contribution in [0.4, 0.5) is 5.95 Å². The number of anilines is 1. The molecule has 0 atom stereocenters. The van der Waals surface area contributed by atoms with E-state index >= 15 is 0 Å². The smallest absolute Gasteiger partial charge is 0.244 e. The summed E-state index contributed by atoms with van der Waals surface area (Å²) in [5.74, 6) is 2.25. The molecule has 23 heavy (non-hydrogen) atoms. The third kappa shape index (κ3) is 3.53. The first-order valence-corrected chi connectivity index (χ1v) is 7.50. The molecule has 8 heteroatoms. The molecule has 0 aliphatic carbocycles. The summed E-state index contributed by atoms with van der Waals surface area (Å²) in [5.41, 5.74) is 0.772. The Morgan fingerprint density at radius 2 is 2.13 bits per heavy atom. The largest absolute Gasteiger partial charge is 0.347 e. The molecule has 0 spiro atoms. The highest BCUT2D eigenvalue weighted by Crippen LogP contribution is 2.13. The van der Waals surface area contributed by atoms with Crippen molar-refractivity contribution in [3.63, 3.8) is 0 Å². The average Bonchev–Trinajstić information content (AvgIpc) is 3.15. The van der Waals surface area contributed by atoms with Crippen LogP contribution in [0.2, 0.25) is 0 Å². The third-order valence-corrected chi connectivity index (χ3v) is 3.59. The number of hydrogen-bond acceptors (Lipinski definition) is 6. The second-order valence-corrected chi connectivity index (χ2v) is 5.55. The molecule has 3 heterocycles. The molecule has 0 saturated heterocycles. The maximum Gasteiger partial charge on any atom is 0.244 e. The molecule has 0 unspecified atom stereocenters. The average molecular weight is 313 g/mol. The summed E-state index contributed by atoms with van der Waals surface area (Å²) >= 11 is 0. The van der Waals surface area contributed by atoms with E-state index in [0.29, 0.717) is 12.5 Å². The molecule has 3 rings (SSSR count). The molecule has 0 radical (unpaired) electrons. The topological polar surface area (TPSA) is 88.8 Å². The van der Waals surface area contributed by atoms with E-state index < -0.39 is 0 Å². The molecule has 8 nitrogen and oxygen atoms in total. The van der Waals surface area contributed by atoms with Crippen molar-refractivity contribution in [3.05, 3.63) is 35.7 Å². The molecule has 1 amide bonds. The molecule has 1 aliphatic rings. The van der Waals surface area contributed by atoms with Gasteiger partial charge in [-0.1, -0.05) is 0 Å². The number of aryl methyl sites for hydroxylation is 1. The highest BCUT2D eigenvalue weighted by atomic mass is 16.1. The zero-order valence-corrected chi connectivity index (χ0v) is 13.2. The van der Waals surface area contributed by atoms with Gasteiger partial charge in [0.25, 0.3) is 0 Å². The Hall–Kier alpha value is -2.77. The van der Waals surface area contributed by atoms with Crippen molar-refractivity contribution < 1.29 is 4.79 Å². The molecular weight excluding hydrogens is 294 g/mol. The van der Waals surface area contributed by atoms with Crippen LogP contribution in [0.25, 0.3) is 6.08 Å². The summed E-state index contributed by atoms with van der Waals surface area (Å²) < 4.78 is 2.07. The van der Waals surface area contributed by atoms with Gasteiger partial charge in [-0.25, -0.2) is 9.97 Å². The van der Waals surface area contributed by atoms with Crippen LogP contribution in [-0.4, -0.2) is 44.7 Å². The number of aromatic nitrogens is 5. The van der Waals surface area contributed by atoms with Crippen LogP contribution in [0.1, 0.15) is 23.6 Å². The summed E-state index contributed by atoms with van der Waals surface area (Å²) in [6.07, 6.45) is 8.56. The lowest BCUT2D eigenvalue weighted by Crippen LogP contribution is -2.22. The lowest BCUT2D eigenvalue weighted by Gasteiger charge is -2.08. The highest BCUT2D eigenvalue weighted by molar-refractivity contribution is 5.91. The fourth-order valence-electron chi connectivity index (χ4n) is 2.39. The van der Waals surface area contributed by atoms with Gasteiger partial charge in [0.1, 0.15) is 5.82 Å². The first-order chi connectivity index (χ1) is 11.1. The summed E-state index contributed by atoms with van der Waals surface area (Å²) in [6.45, 7) is 1.31. The lowest BCUT2D eigenvalue weighted by atomic mass is 10.3. The van der Waals surface area contributed by atoms with Gasteiger partial charge in [0.05, 0.1) is 6.54 Å². The zero-order valence-electron chi connectivity index (χ0n) is 13.2. The number of carbonyl (C=O) groups excluding carboxylic acids is 1. The molecule has 1 aliphatic heterocycles. The van der Waals surface area contributed by atoms with Gasteiger partial charge in [-0.05, 0) is 12.5 Å². The fourth-order valence-corrected chi connectivity index (χ4v) is 2.39. The van der Waals surface area contributed by atoms with Crippen LogP contribution in [0, 0.1) is 0 Å². The van der Waals surface area contributed by atoms with Crippen molar-refractivity contribution in [1.29, 1.82) is 0 Å². The summed E-state index contributed by atoms with van der Waals surface area (Å²) in [6, 6.07) is 0. The van der Waals surface area contributed by atoms with Crippen LogP contribution in [-0.2, 0) is 24.3 Å². The predicted molar refractivity (Wildman–Crippen MR) is 85.6 cm³/mol. The van der Waals surface area contributed by atoms with E-state index in [1.165, 1.54) is 6.08 Å². The SMILES string of the molecule is CN(C)c1ncc(C=CC(=O)NCc2nnc3n2CCC3)cn1. The van der Waals surface area contributed by atoms with Crippen LogP contribution < -0.4 is 10.2 Å². The van der Waals surface area contributed by atoms with E-state index in [0.717, 1.165) is 36.6 Å². The molecule has 120 valence electrons. The van der Waals surface area contributed by atoms with Crippen molar-refractivity contribution in [2.24, 2.45) is 0 Å². The second-order valence-electron chi connectivity index (χ2n) is 5.55. The minimum absolute atomic E-state index is 0.183.